The van der Waals surface area contributed by atoms with Crippen LogP contribution < -0.4 is 5.73 Å². The molecule has 1 heterocycles. The average Bonchev–Trinajstić information content (AvgIpc) is 2.45. The normalized spacial score (nSPS) is 14.4. The minimum Gasteiger partial charge on any atom is -0.416 e. The molecule has 0 amide bonds. The van der Waals surface area contributed by atoms with E-state index < -0.39 is 18.0 Å². The minimum absolute atomic E-state index is 0.115. The molecule has 0 fully saturated rings. The number of nitrogens with zero attached hydrogens (tertiary/aromatic N) is 2. The maximum absolute atomic E-state index is 12.2. The molecule has 1 aromatic rings. The molecule has 80 valence electrons. The molecule has 0 aliphatic rings. The van der Waals surface area contributed by atoms with Gasteiger partial charge < -0.3 is 10.2 Å². The molecule has 0 saturated heterocycles. The third-order valence-electron chi connectivity index (χ3n) is 1.33. The molecule has 0 aliphatic heterocycles. The van der Waals surface area contributed by atoms with E-state index in [1.807, 2.05) is 0 Å². The van der Waals surface area contributed by atoms with Crippen molar-refractivity contribution in [1.29, 1.82) is 0 Å². The zero-order valence-corrected chi connectivity index (χ0v) is 8.02. The summed E-state index contributed by atoms with van der Waals surface area (Å²) >= 11 is 0.426. The Morgan fingerprint density at radius 2 is 2.14 bits per heavy atom. The average molecular weight is 227 g/mol. The molecule has 0 aliphatic carbocycles. The van der Waals surface area contributed by atoms with Crippen LogP contribution >= 0.6 is 11.8 Å². The van der Waals surface area contributed by atoms with Crippen molar-refractivity contribution >= 4 is 11.8 Å². The molecule has 0 spiro atoms. The number of aryl methyl sites for hydroxylation is 1. The molecule has 0 saturated carbocycles. The van der Waals surface area contributed by atoms with Crippen molar-refractivity contribution in [3.8, 4) is 0 Å². The highest BCUT2D eigenvalue weighted by molar-refractivity contribution is 7.99. The van der Waals surface area contributed by atoms with Crippen molar-refractivity contribution in [3.63, 3.8) is 0 Å². The van der Waals surface area contributed by atoms with Crippen LogP contribution in [0.2, 0.25) is 0 Å². The fourth-order valence-electron chi connectivity index (χ4n) is 0.696. The lowest BCUT2D eigenvalue weighted by Gasteiger charge is -2.15. The van der Waals surface area contributed by atoms with Crippen LogP contribution in [0.25, 0.3) is 0 Å². The quantitative estimate of drug-likeness (QED) is 0.790. The highest BCUT2D eigenvalue weighted by Crippen LogP contribution is 2.33. The van der Waals surface area contributed by atoms with E-state index in [1.165, 1.54) is 6.92 Å². The molecule has 4 nitrogen and oxygen atoms in total. The third-order valence-corrected chi connectivity index (χ3v) is 2.44. The van der Waals surface area contributed by atoms with Gasteiger partial charge in [0.15, 0.2) is 0 Å². The Balaban J connectivity index is 2.66. The molecule has 2 N–H and O–H groups in total. The van der Waals surface area contributed by atoms with E-state index in [0.29, 0.717) is 11.8 Å². The lowest BCUT2D eigenvalue weighted by Crippen LogP contribution is -2.32. The van der Waals surface area contributed by atoms with Gasteiger partial charge >= 0.3 is 6.18 Å². The molecule has 8 heteroatoms. The first-order valence-corrected chi connectivity index (χ1v) is 4.55. The predicted octanol–water partition coefficient (Wildman–Crippen LogP) is 1.36. The number of nitrogens with two attached hydrogens (primary N) is 1. The van der Waals surface area contributed by atoms with Gasteiger partial charge in [0.1, 0.15) is 5.25 Å². The molecule has 1 atom stereocenters. The minimum atomic E-state index is -4.36. The van der Waals surface area contributed by atoms with Gasteiger partial charge in [0, 0.05) is 13.5 Å². The highest BCUT2D eigenvalue weighted by Gasteiger charge is 2.40. The van der Waals surface area contributed by atoms with Gasteiger partial charge in [0.05, 0.1) is 0 Å². The van der Waals surface area contributed by atoms with Gasteiger partial charge in [-0.1, -0.05) is 11.8 Å². The summed E-state index contributed by atoms with van der Waals surface area (Å²) in [7, 11) is 0. The monoisotopic (exact) mass is 227 g/mol. The van der Waals surface area contributed by atoms with Crippen molar-refractivity contribution in [3.05, 3.63) is 5.89 Å². The van der Waals surface area contributed by atoms with Crippen LogP contribution in [0.4, 0.5) is 13.2 Å². The zero-order chi connectivity index (χ0) is 10.8. The summed E-state index contributed by atoms with van der Waals surface area (Å²) in [5.74, 6) is 0.227. The number of thioether (sulfide) groups is 1. The second-order valence-corrected chi connectivity index (χ2v) is 3.62. The maximum Gasteiger partial charge on any atom is 0.402 e. The standard InChI is InChI=1S/C6H8F3N3OS/c1-3-11-12-5(13-3)14-4(2-10)6(7,8)9/h4H,2,10H2,1H3. The molecular formula is C6H8F3N3OS. The molecule has 1 aromatic heterocycles. The SMILES string of the molecule is Cc1nnc(SC(CN)C(F)(F)F)o1. The Bertz CT molecular complexity index is 301. The van der Waals surface area contributed by atoms with E-state index in [9.17, 15) is 13.2 Å². The van der Waals surface area contributed by atoms with Crippen LogP contribution in [0.3, 0.4) is 0 Å². The Morgan fingerprint density at radius 1 is 1.50 bits per heavy atom. The lowest BCUT2D eigenvalue weighted by atomic mass is 10.4. The first-order valence-electron chi connectivity index (χ1n) is 3.67. The number of halogens is 3. The van der Waals surface area contributed by atoms with Gasteiger partial charge in [-0.3, -0.25) is 0 Å². The summed E-state index contributed by atoms with van der Waals surface area (Å²) in [5.41, 5.74) is 4.98. The summed E-state index contributed by atoms with van der Waals surface area (Å²) in [4.78, 5) is 0. The number of aromatic nitrogens is 2. The van der Waals surface area contributed by atoms with Crippen LogP contribution in [0.5, 0.6) is 0 Å². The third kappa shape index (κ3) is 2.88. The Morgan fingerprint density at radius 3 is 2.50 bits per heavy atom. The van der Waals surface area contributed by atoms with Gasteiger partial charge in [-0.05, 0) is 0 Å². The molecule has 1 unspecified atom stereocenters. The van der Waals surface area contributed by atoms with Crippen LogP contribution in [0.15, 0.2) is 9.64 Å². The first-order chi connectivity index (χ1) is 6.43. The van der Waals surface area contributed by atoms with Gasteiger partial charge in [-0.2, -0.15) is 13.2 Å². The summed E-state index contributed by atoms with van der Waals surface area (Å²) < 4.78 is 41.5. The number of alkyl halides is 3. The second-order valence-electron chi connectivity index (χ2n) is 2.47. The summed E-state index contributed by atoms with van der Waals surface area (Å²) in [6.45, 7) is 0.984. The van der Waals surface area contributed by atoms with Crippen molar-refractivity contribution < 1.29 is 17.6 Å². The summed E-state index contributed by atoms with van der Waals surface area (Å²) in [6, 6.07) is 0. The number of rotatable bonds is 3. The molecule has 0 radical (unpaired) electrons. The summed E-state index contributed by atoms with van der Waals surface area (Å²) in [5, 5.41) is 5.03. The fourth-order valence-corrected chi connectivity index (χ4v) is 1.43. The lowest BCUT2D eigenvalue weighted by molar-refractivity contribution is -0.126. The number of hydrogen-bond donors (Lipinski definition) is 1. The van der Waals surface area contributed by atoms with Gasteiger partial charge in [-0.25, -0.2) is 0 Å². The Kier molecular flexibility index (Phi) is 3.38. The molecule has 14 heavy (non-hydrogen) atoms. The smallest absolute Gasteiger partial charge is 0.402 e. The fraction of sp³-hybridized carbons (Fsp3) is 0.667. The van der Waals surface area contributed by atoms with E-state index >= 15 is 0 Å². The van der Waals surface area contributed by atoms with Crippen molar-refractivity contribution in [2.45, 2.75) is 23.6 Å². The van der Waals surface area contributed by atoms with Crippen molar-refractivity contribution in [2.24, 2.45) is 5.73 Å². The largest absolute Gasteiger partial charge is 0.416 e. The second kappa shape index (κ2) is 4.18. The van der Waals surface area contributed by atoms with Crippen LogP contribution in [0.1, 0.15) is 5.89 Å². The van der Waals surface area contributed by atoms with E-state index in [4.69, 9.17) is 10.2 Å². The van der Waals surface area contributed by atoms with Crippen LogP contribution in [0, 0.1) is 6.92 Å². The van der Waals surface area contributed by atoms with E-state index in [1.54, 1.807) is 0 Å². The molecular weight excluding hydrogens is 219 g/mol. The van der Waals surface area contributed by atoms with E-state index in [-0.39, 0.29) is 11.1 Å². The molecule has 0 aromatic carbocycles. The van der Waals surface area contributed by atoms with E-state index in [0.717, 1.165) is 0 Å². The zero-order valence-electron chi connectivity index (χ0n) is 7.21. The van der Waals surface area contributed by atoms with Crippen molar-refractivity contribution in [1.82, 2.24) is 10.2 Å². The van der Waals surface area contributed by atoms with Crippen molar-refractivity contribution in [2.75, 3.05) is 6.54 Å². The molecule has 1 rings (SSSR count). The van der Waals surface area contributed by atoms with Crippen LogP contribution in [-0.4, -0.2) is 28.2 Å². The van der Waals surface area contributed by atoms with Crippen LogP contribution in [-0.2, 0) is 0 Å². The highest BCUT2D eigenvalue weighted by atomic mass is 32.2. The molecule has 0 bridgehead atoms. The van der Waals surface area contributed by atoms with Gasteiger partial charge in [0.2, 0.25) is 5.89 Å². The van der Waals surface area contributed by atoms with Gasteiger partial charge in [0.25, 0.3) is 5.22 Å². The Labute approximate surface area is 82.1 Å². The van der Waals surface area contributed by atoms with E-state index in [2.05, 4.69) is 10.2 Å². The summed E-state index contributed by atoms with van der Waals surface area (Å²) in [6.07, 6.45) is -4.36. The topological polar surface area (TPSA) is 64.9 Å². The maximum atomic E-state index is 12.2. The number of hydrogen-bond acceptors (Lipinski definition) is 5. The van der Waals surface area contributed by atoms with Gasteiger partial charge in [-0.15, -0.1) is 10.2 Å². The Hall–Kier alpha value is -0.760. The first kappa shape index (κ1) is 11.3. The predicted molar refractivity (Wildman–Crippen MR) is 43.8 cm³/mol.